The quantitative estimate of drug-likeness (QED) is 0.634. The van der Waals surface area contributed by atoms with E-state index in [2.05, 4.69) is 10.0 Å². The Morgan fingerprint density at radius 1 is 1.00 bits per heavy atom. The molecule has 1 aromatic heterocycles. The summed E-state index contributed by atoms with van der Waals surface area (Å²) in [7, 11) is -2.34. The average molecular weight is 402 g/mol. The number of hydrogen-bond acceptors (Lipinski definition) is 5. The number of benzene rings is 2. The van der Waals surface area contributed by atoms with Gasteiger partial charge in [0.25, 0.3) is 10.0 Å². The second-order valence-corrected chi connectivity index (χ2v) is 8.48. The van der Waals surface area contributed by atoms with Crippen molar-refractivity contribution in [2.45, 2.75) is 10.3 Å². The lowest BCUT2D eigenvalue weighted by atomic mass is 10.1. The summed E-state index contributed by atoms with van der Waals surface area (Å²) in [5.74, 6) is -0.0235. The van der Waals surface area contributed by atoms with Gasteiger partial charge in [0, 0.05) is 0 Å². The van der Waals surface area contributed by atoms with Crippen molar-refractivity contribution in [3.63, 3.8) is 0 Å². The SMILES string of the molecule is COc1ccccc1NC(=O)C(NS(=O)(=O)c1cccs1)c1ccccc1. The lowest BCUT2D eigenvalue weighted by molar-refractivity contribution is -0.117. The molecule has 0 bridgehead atoms. The third kappa shape index (κ3) is 4.54. The summed E-state index contributed by atoms with van der Waals surface area (Å²) in [5, 5.41) is 4.41. The first kappa shape index (κ1) is 19.1. The topological polar surface area (TPSA) is 84.5 Å². The highest BCUT2D eigenvalue weighted by atomic mass is 32.2. The fourth-order valence-corrected chi connectivity index (χ4v) is 4.69. The second-order valence-electron chi connectivity index (χ2n) is 5.59. The van der Waals surface area contributed by atoms with Gasteiger partial charge in [-0.25, -0.2) is 8.42 Å². The molecule has 0 saturated heterocycles. The number of carbonyl (C=O) groups is 1. The first-order valence-electron chi connectivity index (χ1n) is 8.06. The summed E-state index contributed by atoms with van der Waals surface area (Å²) in [5.41, 5.74) is 0.992. The predicted octanol–water partition coefficient (Wildman–Crippen LogP) is 3.42. The maximum absolute atomic E-state index is 12.9. The number of sulfonamides is 1. The molecule has 0 radical (unpaired) electrons. The number of methoxy groups -OCH3 is 1. The van der Waals surface area contributed by atoms with E-state index in [0.29, 0.717) is 17.0 Å². The number of carbonyl (C=O) groups excluding carboxylic acids is 1. The lowest BCUT2D eigenvalue weighted by Gasteiger charge is -2.19. The van der Waals surface area contributed by atoms with Crippen molar-refractivity contribution in [1.29, 1.82) is 0 Å². The molecule has 2 aromatic carbocycles. The van der Waals surface area contributed by atoms with E-state index in [1.54, 1.807) is 66.0 Å². The van der Waals surface area contributed by atoms with Crippen molar-refractivity contribution < 1.29 is 17.9 Å². The molecule has 0 fully saturated rings. The van der Waals surface area contributed by atoms with Gasteiger partial charge in [-0.15, -0.1) is 11.3 Å². The molecule has 1 atom stereocenters. The molecule has 140 valence electrons. The second kappa shape index (κ2) is 8.34. The van der Waals surface area contributed by atoms with Gasteiger partial charge >= 0.3 is 0 Å². The minimum atomic E-state index is -3.84. The first-order chi connectivity index (χ1) is 13.0. The van der Waals surface area contributed by atoms with E-state index in [9.17, 15) is 13.2 Å². The van der Waals surface area contributed by atoms with Crippen molar-refractivity contribution in [2.24, 2.45) is 0 Å². The zero-order valence-electron chi connectivity index (χ0n) is 14.5. The first-order valence-corrected chi connectivity index (χ1v) is 10.4. The molecule has 3 aromatic rings. The minimum absolute atomic E-state index is 0.147. The molecule has 27 heavy (non-hydrogen) atoms. The van der Waals surface area contributed by atoms with Gasteiger partial charge < -0.3 is 10.1 Å². The summed E-state index contributed by atoms with van der Waals surface area (Å²) in [4.78, 5) is 12.9. The van der Waals surface area contributed by atoms with E-state index >= 15 is 0 Å². The van der Waals surface area contributed by atoms with Crippen LogP contribution in [0.15, 0.2) is 76.3 Å². The molecule has 0 saturated carbocycles. The monoisotopic (exact) mass is 402 g/mol. The Balaban J connectivity index is 1.92. The van der Waals surface area contributed by atoms with Crippen LogP contribution in [0.2, 0.25) is 0 Å². The minimum Gasteiger partial charge on any atom is -0.495 e. The average Bonchev–Trinajstić information content (AvgIpc) is 3.23. The van der Waals surface area contributed by atoms with Gasteiger partial charge in [-0.3, -0.25) is 4.79 Å². The molecule has 0 aliphatic rings. The van der Waals surface area contributed by atoms with E-state index < -0.39 is 22.0 Å². The molecule has 2 N–H and O–H groups in total. The van der Waals surface area contributed by atoms with Crippen LogP contribution < -0.4 is 14.8 Å². The number of ether oxygens (including phenoxy) is 1. The van der Waals surface area contributed by atoms with Gasteiger partial charge in [-0.2, -0.15) is 4.72 Å². The van der Waals surface area contributed by atoms with Crippen LogP contribution in [0.3, 0.4) is 0 Å². The van der Waals surface area contributed by atoms with Crippen LogP contribution in [0.25, 0.3) is 0 Å². The highest BCUT2D eigenvalue weighted by Gasteiger charge is 2.28. The van der Waals surface area contributed by atoms with E-state index in [-0.39, 0.29) is 4.21 Å². The number of amides is 1. The van der Waals surface area contributed by atoms with E-state index in [0.717, 1.165) is 11.3 Å². The van der Waals surface area contributed by atoms with E-state index in [1.165, 1.54) is 13.2 Å². The molecule has 8 heteroatoms. The standard InChI is InChI=1S/C19H18N2O4S2/c1-25-16-11-6-5-10-15(16)20-19(22)18(14-8-3-2-4-9-14)21-27(23,24)17-12-7-13-26-17/h2-13,18,21H,1H3,(H,20,22). The zero-order chi connectivity index (χ0) is 19.3. The molecule has 6 nitrogen and oxygen atoms in total. The van der Waals surface area contributed by atoms with Crippen LogP contribution in [-0.2, 0) is 14.8 Å². The highest BCUT2D eigenvalue weighted by Crippen LogP contribution is 2.26. The molecular weight excluding hydrogens is 384 g/mol. The number of anilines is 1. The van der Waals surface area contributed by atoms with Crippen LogP contribution in [0.1, 0.15) is 11.6 Å². The Labute approximate surface area is 161 Å². The summed E-state index contributed by atoms with van der Waals surface area (Å²) in [6.45, 7) is 0. The number of para-hydroxylation sites is 2. The van der Waals surface area contributed by atoms with Crippen molar-refractivity contribution in [3.05, 3.63) is 77.7 Å². The third-order valence-electron chi connectivity index (χ3n) is 3.79. The molecule has 1 heterocycles. The summed E-state index contributed by atoms with van der Waals surface area (Å²) < 4.78 is 33.2. The van der Waals surface area contributed by atoms with Crippen molar-refractivity contribution in [2.75, 3.05) is 12.4 Å². The third-order valence-corrected chi connectivity index (χ3v) is 6.61. The highest BCUT2D eigenvalue weighted by molar-refractivity contribution is 7.91. The van der Waals surface area contributed by atoms with Crippen LogP contribution in [0, 0.1) is 0 Å². The molecule has 3 rings (SSSR count). The van der Waals surface area contributed by atoms with Crippen LogP contribution in [-0.4, -0.2) is 21.4 Å². The summed E-state index contributed by atoms with van der Waals surface area (Å²) in [6.07, 6.45) is 0. The predicted molar refractivity (Wildman–Crippen MR) is 105 cm³/mol. The lowest BCUT2D eigenvalue weighted by Crippen LogP contribution is -2.36. The van der Waals surface area contributed by atoms with Crippen molar-refractivity contribution >= 4 is 33.0 Å². The molecule has 0 aliphatic heterocycles. The van der Waals surface area contributed by atoms with Crippen molar-refractivity contribution in [3.8, 4) is 5.75 Å². The van der Waals surface area contributed by atoms with Gasteiger partial charge in [0.15, 0.2) is 0 Å². The Bertz CT molecular complexity index is 1000. The van der Waals surface area contributed by atoms with Gasteiger partial charge in [0.1, 0.15) is 16.0 Å². The number of nitrogens with one attached hydrogen (secondary N) is 2. The fraction of sp³-hybridized carbons (Fsp3) is 0.105. The molecule has 0 spiro atoms. The van der Waals surface area contributed by atoms with E-state index in [4.69, 9.17) is 4.74 Å². The Morgan fingerprint density at radius 3 is 2.37 bits per heavy atom. The zero-order valence-corrected chi connectivity index (χ0v) is 16.1. The van der Waals surface area contributed by atoms with Crippen LogP contribution in [0.4, 0.5) is 5.69 Å². The summed E-state index contributed by atoms with van der Waals surface area (Å²) in [6, 6.07) is 17.7. The molecule has 0 aliphatic carbocycles. The van der Waals surface area contributed by atoms with Crippen LogP contribution in [0.5, 0.6) is 5.75 Å². The van der Waals surface area contributed by atoms with Gasteiger partial charge in [0.05, 0.1) is 12.8 Å². The van der Waals surface area contributed by atoms with Gasteiger partial charge in [-0.1, -0.05) is 48.5 Å². The van der Waals surface area contributed by atoms with E-state index in [1.807, 2.05) is 0 Å². The molecule has 1 amide bonds. The number of rotatable bonds is 7. The summed E-state index contributed by atoms with van der Waals surface area (Å²) >= 11 is 1.09. The molecular formula is C19H18N2O4S2. The Kier molecular flexibility index (Phi) is 5.90. The maximum Gasteiger partial charge on any atom is 0.251 e. The van der Waals surface area contributed by atoms with Crippen LogP contribution >= 0.6 is 11.3 Å². The van der Waals surface area contributed by atoms with Gasteiger partial charge in [-0.05, 0) is 29.1 Å². The van der Waals surface area contributed by atoms with Gasteiger partial charge in [0.2, 0.25) is 5.91 Å². The normalized spacial score (nSPS) is 12.3. The maximum atomic E-state index is 12.9. The van der Waals surface area contributed by atoms with Crippen molar-refractivity contribution in [1.82, 2.24) is 4.72 Å². The fourth-order valence-electron chi connectivity index (χ4n) is 2.50. The number of hydrogen-bond donors (Lipinski definition) is 2. The number of thiophene rings is 1. The molecule has 1 unspecified atom stereocenters. The smallest absolute Gasteiger partial charge is 0.251 e. The Hall–Kier alpha value is -2.68. The Morgan fingerprint density at radius 2 is 1.70 bits per heavy atom. The largest absolute Gasteiger partial charge is 0.495 e.